The van der Waals surface area contributed by atoms with E-state index in [0.29, 0.717) is 18.1 Å². The highest BCUT2D eigenvalue weighted by Gasteiger charge is 2.22. The number of aliphatic imine (C=N–C) groups is 1. The van der Waals surface area contributed by atoms with Crippen LogP contribution >= 0.6 is 24.0 Å². The van der Waals surface area contributed by atoms with Gasteiger partial charge in [-0.3, -0.25) is 9.89 Å². The van der Waals surface area contributed by atoms with E-state index < -0.39 is 0 Å². The predicted octanol–water partition coefficient (Wildman–Crippen LogP) is 2.73. The van der Waals surface area contributed by atoms with Crippen LogP contribution < -0.4 is 11.1 Å². The number of hydrogen-bond donors (Lipinski definition) is 2. The molecule has 136 valence electrons. The fourth-order valence-electron chi connectivity index (χ4n) is 3.59. The highest BCUT2D eigenvalue weighted by molar-refractivity contribution is 14.0. The Kier molecular flexibility index (Phi) is 11.2. The number of likely N-dealkylation sites (tertiary alicyclic amines) is 1. The van der Waals surface area contributed by atoms with Crippen molar-refractivity contribution in [3.63, 3.8) is 0 Å². The van der Waals surface area contributed by atoms with Crippen LogP contribution in [-0.2, 0) is 4.74 Å². The molecule has 1 heterocycles. The molecule has 0 aromatic heterocycles. The fraction of sp³-hybridized carbons (Fsp3) is 0.941. The maximum atomic E-state index is 5.95. The maximum absolute atomic E-state index is 5.95. The Bertz CT molecular complexity index is 333. The minimum Gasteiger partial charge on any atom is -0.376 e. The summed E-state index contributed by atoms with van der Waals surface area (Å²) in [6.07, 6.45) is 10.8. The largest absolute Gasteiger partial charge is 0.376 e. The molecule has 3 N–H and O–H groups in total. The third kappa shape index (κ3) is 8.03. The summed E-state index contributed by atoms with van der Waals surface area (Å²) in [6.45, 7) is 6.84. The molecule has 23 heavy (non-hydrogen) atoms. The van der Waals surface area contributed by atoms with Crippen molar-refractivity contribution in [2.75, 3.05) is 32.8 Å². The third-order valence-corrected chi connectivity index (χ3v) is 4.94. The molecular formula is C17H35IN4O. The van der Waals surface area contributed by atoms with E-state index in [1.54, 1.807) is 0 Å². The lowest BCUT2D eigenvalue weighted by molar-refractivity contribution is 0.0468. The van der Waals surface area contributed by atoms with Crippen molar-refractivity contribution in [1.82, 2.24) is 10.2 Å². The van der Waals surface area contributed by atoms with E-state index in [9.17, 15) is 0 Å². The first-order valence-electron chi connectivity index (χ1n) is 9.19. The molecule has 0 aromatic carbocycles. The Labute approximate surface area is 158 Å². The molecule has 5 nitrogen and oxygen atoms in total. The van der Waals surface area contributed by atoms with Gasteiger partial charge in [-0.15, -0.1) is 24.0 Å². The Morgan fingerprint density at radius 1 is 1.17 bits per heavy atom. The topological polar surface area (TPSA) is 62.9 Å². The summed E-state index contributed by atoms with van der Waals surface area (Å²) >= 11 is 0. The van der Waals surface area contributed by atoms with Crippen LogP contribution in [0.25, 0.3) is 0 Å². The van der Waals surface area contributed by atoms with Gasteiger partial charge >= 0.3 is 0 Å². The predicted molar refractivity (Wildman–Crippen MR) is 108 cm³/mol. The van der Waals surface area contributed by atoms with Crippen LogP contribution in [0.1, 0.15) is 58.3 Å². The van der Waals surface area contributed by atoms with Crippen LogP contribution in [0.4, 0.5) is 0 Å². The number of nitrogens with zero attached hydrogens (tertiary/aromatic N) is 2. The van der Waals surface area contributed by atoms with Crippen molar-refractivity contribution < 1.29 is 4.74 Å². The molecule has 1 unspecified atom stereocenters. The Balaban J connectivity index is 0.00000264. The molecule has 2 fully saturated rings. The van der Waals surface area contributed by atoms with Gasteiger partial charge in [-0.25, -0.2) is 0 Å². The van der Waals surface area contributed by atoms with Crippen LogP contribution in [-0.4, -0.2) is 55.8 Å². The summed E-state index contributed by atoms with van der Waals surface area (Å²) in [5.74, 6) is 0.562. The van der Waals surface area contributed by atoms with E-state index in [0.717, 1.165) is 26.2 Å². The first kappa shape index (κ1) is 21.0. The number of likely N-dealkylation sites (N-methyl/N-ethyl adjacent to an activating group) is 1. The van der Waals surface area contributed by atoms with Crippen LogP contribution in [0.3, 0.4) is 0 Å². The molecule has 1 aliphatic carbocycles. The minimum absolute atomic E-state index is 0. The standard InChI is InChI=1S/C17H34N4O.HI/c1-2-21-12-7-8-15(21)14-20-17(18)19-11-13-22-16-9-5-3-4-6-10-16;/h15-16H,2-14H2,1H3,(H3,18,19,20);1H. The second-order valence-electron chi connectivity index (χ2n) is 6.56. The lowest BCUT2D eigenvalue weighted by Gasteiger charge is -2.21. The number of hydrogen-bond acceptors (Lipinski definition) is 3. The Hall–Kier alpha value is -0.0800. The van der Waals surface area contributed by atoms with Gasteiger partial charge in [0.05, 0.1) is 19.3 Å². The molecule has 1 aliphatic heterocycles. The number of halogens is 1. The van der Waals surface area contributed by atoms with Gasteiger partial charge in [0.2, 0.25) is 0 Å². The summed E-state index contributed by atoms with van der Waals surface area (Å²) < 4.78 is 5.94. The number of guanidine groups is 1. The molecule has 0 radical (unpaired) electrons. The second-order valence-corrected chi connectivity index (χ2v) is 6.56. The lowest BCUT2D eigenvalue weighted by Crippen LogP contribution is -2.37. The fourth-order valence-corrected chi connectivity index (χ4v) is 3.59. The van der Waals surface area contributed by atoms with Gasteiger partial charge in [-0.2, -0.15) is 0 Å². The maximum Gasteiger partial charge on any atom is 0.188 e. The monoisotopic (exact) mass is 438 g/mol. The molecule has 6 heteroatoms. The van der Waals surface area contributed by atoms with Gasteiger partial charge in [0.1, 0.15) is 0 Å². The Morgan fingerprint density at radius 2 is 1.91 bits per heavy atom. The average Bonchev–Trinajstić information content (AvgIpc) is 2.83. The third-order valence-electron chi connectivity index (χ3n) is 4.94. The zero-order valence-electron chi connectivity index (χ0n) is 14.6. The van der Waals surface area contributed by atoms with E-state index >= 15 is 0 Å². The van der Waals surface area contributed by atoms with Crippen molar-refractivity contribution in [3.05, 3.63) is 0 Å². The zero-order valence-corrected chi connectivity index (χ0v) is 17.0. The van der Waals surface area contributed by atoms with Crippen LogP contribution in [0.5, 0.6) is 0 Å². The first-order chi connectivity index (χ1) is 10.8. The van der Waals surface area contributed by atoms with E-state index in [2.05, 4.69) is 22.1 Å². The smallest absolute Gasteiger partial charge is 0.188 e. The Morgan fingerprint density at radius 3 is 2.61 bits per heavy atom. The van der Waals surface area contributed by atoms with Gasteiger partial charge in [0, 0.05) is 12.6 Å². The van der Waals surface area contributed by atoms with Crippen molar-refractivity contribution in [3.8, 4) is 0 Å². The molecule has 1 saturated carbocycles. The van der Waals surface area contributed by atoms with Gasteiger partial charge in [0.25, 0.3) is 0 Å². The van der Waals surface area contributed by atoms with E-state index in [1.807, 2.05) is 0 Å². The van der Waals surface area contributed by atoms with E-state index in [-0.39, 0.29) is 24.0 Å². The van der Waals surface area contributed by atoms with Crippen LogP contribution in [0.2, 0.25) is 0 Å². The van der Waals surface area contributed by atoms with Crippen molar-refractivity contribution in [2.24, 2.45) is 10.7 Å². The normalized spacial score (nSPS) is 24.2. The molecule has 1 saturated heterocycles. The quantitative estimate of drug-likeness (QED) is 0.211. The summed E-state index contributed by atoms with van der Waals surface area (Å²) in [4.78, 5) is 6.98. The molecule has 0 bridgehead atoms. The minimum atomic E-state index is 0. The van der Waals surface area contributed by atoms with E-state index in [1.165, 1.54) is 57.9 Å². The highest BCUT2D eigenvalue weighted by Crippen LogP contribution is 2.19. The zero-order chi connectivity index (χ0) is 15.6. The molecular weight excluding hydrogens is 403 g/mol. The van der Waals surface area contributed by atoms with Gasteiger partial charge in [-0.05, 0) is 38.8 Å². The second kappa shape index (κ2) is 12.3. The van der Waals surface area contributed by atoms with Gasteiger partial charge < -0.3 is 15.8 Å². The number of ether oxygens (including phenoxy) is 1. The average molecular weight is 438 g/mol. The SMILES string of the molecule is CCN1CCCC1CN=C(N)NCCOC1CCCCCC1.I. The van der Waals surface area contributed by atoms with Crippen molar-refractivity contribution >= 4 is 29.9 Å². The molecule has 2 aliphatic rings. The highest BCUT2D eigenvalue weighted by atomic mass is 127. The van der Waals surface area contributed by atoms with Gasteiger partial charge in [0.15, 0.2) is 5.96 Å². The van der Waals surface area contributed by atoms with Crippen LogP contribution in [0.15, 0.2) is 4.99 Å². The molecule has 1 atom stereocenters. The number of nitrogens with two attached hydrogens (primary N) is 1. The van der Waals surface area contributed by atoms with Crippen molar-refractivity contribution in [2.45, 2.75) is 70.4 Å². The summed E-state index contributed by atoms with van der Waals surface area (Å²) in [6, 6.07) is 0.576. The van der Waals surface area contributed by atoms with Crippen molar-refractivity contribution in [1.29, 1.82) is 0 Å². The first-order valence-corrected chi connectivity index (χ1v) is 9.19. The molecule has 0 spiro atoms. The lowest BCUT2D eigenvalue weighted by atomic mass is 10.1. The van der Waals surface area contributed by atoms with Crippen LogP contribution in [0, 0.1) is 0 Å². The van der Waals surface area contributed by atoms with E-state index in [4.69, 9.17) is 10.5 Å². The molecule has 2 rings (SSSR count). The van der Waals surface area contributed by atoms with Gasteiger partial charge in [-0.1, -0.05) is 32.6 Å². The molecule has 0 amide bonds. The number of rotatable bonds is 7. The summed E-state index contributed by atoms with van der Waals surface area (Å²) in [5, 5.41) is 3.18. The summed E-state index contributed by atoms with van der Waals surface area (Å²) in [5.41, 5.74) is 5.95. The molecule has 0 aromatic rings. The number of nitrogens with one attached hydrogen (secondary N) is 1. The summed E-state index contributed by atoms with van der Waals surface area (Å²) in [7, 11) is 0.